The zero-order valence-corrected chi connectivity index (χ0v) is 10.9. The summed E-state index contributed by atoms with van der Waals surface area (Å²) in [5.74, 6) is -0.899. The average molecular weight is 275 g/mol. The van der Waals surface area contributed by atoms with E-state index < -0.39 is 18.0 Å². The second-order valence-corrected chi connectivity index (χ2v) is 4.55. The summed E-state index contributed by atoms with van der Waals surface area (Å²) >= 11 is 0. The zero-order valence-electron chi connectivity index (χ0n) is 10.9. The van der Waals surface area contributed by atoms with Gasteiger partial charge in [-0.25, -0.2) is 0 Å². The molecular formula is C13H16F3NO2. The topological polar surface area (TPSA) is 38.3 Å². The number of benzene rings is 1. The van der Waals surface area contributed by atoms with Crippen LogP contribution in [0.5, 0.6) is 5.75 Å². The van der Waals surface area contributed by atoms with Crippen LogP contribution in [0.3, 0.4) is 0 Å². The molecule has 0 saturated carbocycles. The van der Waals surface area contributed by atoms with Gasteiger partial charge in [0.25, 0.3) is 5.91 Å². The van der Waals surface area contributed by atoms with Crippen molar-refractivity contribution in [2.45, 2.75) is 33.2 Å². The molecule has 0 saturated heterocycles. The van der Waals surface area contributed by atoms with Crippen molar-refractivity contribution in [1.82, 2.24) is 5.32 Å². The lowest BCUT2D eigenvalue weighted by Crippen LogP contribution is -2.36. The van der Waals surface area contributed by atoms with E-state index in [4.69, 9.17) is 0 Å². The molecule has 0 spiro atoms. The van der Waals surface area contributed by atoms with Crippen LogP contribution in [-0.2, 0) is 0 Å². The highest BCUT2D eigenvalue weighted by Crippen LogP contribution is 2.26. The summed E-state index contributed by atoms with van der Waals surface area (Å²) in [6.07, 6.45) is -4.82. The van der Waals surface area contributed by atoms with Gasteiger partial charge in [-0.2, -0.15) is 0 Å². The summed E-state index contributed by atoms with van der Waals surface area (Å²) in [5.41, 5.74) is -0.132. The molecule has 0 aromatic heterocycles. The molecule has 1 rings (SSSR count). The summed E-state index contributed by atoms with van der Waals surface area (Å²) in [6, 6.07) is 5.12. The Bertz CT molecular complexity index is 444. The molecule has 6 heteroatoms. The van der Waals surface area contributed by atoms with E-state index in [1.807, 2.05) is 13.8 Å². The summed E-state index contributed by atoms with van der Waals surface area (Å²) < 4.78 is 40.5. The number of para-hydroxylation sites is 1. The number of ether oxygens (including phenoxy) is 1. The van der Waals surface area contributed by atoms with Gasteiger partial charge in [0.15, 0.2) is 0 Å². The first kappa shape index (κ1) is 15.3. The lowest BCUT2D eigenvalue weighted by molar-refractivity contribution is -0.274. The highest BCUT2D eigenvalue weighted by molar-refractivity contribution is 5.97. The van der Waals surface area contributed by atoms with Crippen molar-refractivity contribution in [3.63, 3.8) is 0 Å². The molecular weight excluding hydrogens is 259 g/mol. The highest BCUT2D eigenvalue weighted by Gasteiger charge is 2.32. The molecule has 0 bridgehead atoms. The third-order valence-corrected chi connectivity index (χ3v) is 2.72. The molecule has 0 aliphatic heterocycles. The molecule has 1 amide bonds. The monoisotopic (exact) mass is 275 g/mol. The van der Waals surface area contributed by atoms with E-state index in [0.717, 1.165) is 6.07 Å². The number of alkyl halides is 3. The van der Waals surface area contributed by atoms with E-state index in [1.54, 1.807) is 6.92 Å². The van der Waals surface area contributed by atoms with Gasteiger partial charge in [0.05, 0.1) is 5.56 Å². The number of halogens is 3. The van der Waals surface area contributed by atoms with Gasteiger partial charge in [-0.05, 0) is 25.0 Å². The molecule has 106 valence electrons. The van der Waals surface area contributed by atoms with Crippen LogP contribution in [0.25, 0.3) is 0 Å². The van der Waals surface area contributed by atoms with Crippen molar-refractivity contribution in [1.29, 1.82) is 0 Å². The summed E-state index contributed by atoms with van der Waals surface area (Å²) in [6.45, 7) is 5.60. The van der Waals surface area contributed by atoms with Crippen molar-refractivity contribution in [3.8, 4) is 5.75 Å². The van der Waals surface area contributed by atoms with Gasteiger partial charge < -0.3 is 10.1 Å². The van der Waals surface area contributed by atoms with E-state index in [1.165, 1.54) is 18.2 Å². The second kappa shape index (κ2) is 5.95. The van der Waals surface area contributed by atoms with Crippen molar-refractivity contribution in [2.75, 3.05) is 0 Å². The fourth-order valence-corrected chi connectivity index (χ4v) is 1.32. The van der Waals surface area contributed by atoms with Crippen LogP contribution in [-0.4, -0.2) is 18.3 Å². The Morgan fingerprint density at radius 1 is 1.21 bits per heavy atom. The Labute approximate surface area is 109 Å². The molecule has 0 radical (unpaired) electrons. The average Bonchev–Trinajstić information content (AvgIpc) is 2.27. The first-order valence-corrected chi connectivity index (χ1v) is 5.86. The molecule has 1 atom stereocenters. The molecule has 0 aliphatic carbocycles. The largest absolute Gasteiger partial charge is 0.573 e. The lowest BCUT2D eigenvalue weighted by atomic mass is 10.1. The number of carbonyl (C=O) groups excluding carboxylic acids is 1. The maximum atomic E-state index is 12.2. The first-order valence-electron chi connectivity index (χ1n) is 5.86. The molecule has 3 nitrogen and oxygen atoms in total. The Morgan fingerprint density at radius 3 is 2.32 bits per heavy atom. The van der Waals surface area contributed by atoms with Crippen molar-refractivity contribution in [3.05, 3.63) is 29.8 Å². The van der Waals surface area contributed by atoms with Gasteiger partial charge >= 0.3 is 6.36 Å². The minimum atomic E-state index is -4.82. The number of hydrogen-bond acceptors (Lipinski definition) is 2. The first-order chi connectivity index (χ1) is 8.70. The van der Waals surface area contributed by atoms with Crippen LogP contribution >= 0.6 is 0 Å². The summed E-state index contributed by atoms with van der Waals surface area (Å²) in [4.78, 5) is 11.9. The Morgan fingerprint density at radius 2 is 1.79 bits per heavy atom. The van der Waals surface area contributed by atoms with E-state index in [-0.39, 0.29) is 17.5 Å². The summed E-state index contributed by atoms with van der Waals surface area (Å²) in [7, 11) is 0. The van der Waals surface area contributed by atoms with Gasteiger partial charge in [-0.15, -0.1) is 13.2 Å². The number of rotatable bonds is 4. The van der Waals surface area contributed by atoms with E-state index in [2.05, 4.69) is 10.1 Å². The standard InChI is InChI=1S/C13H16F3NO2/c1-8(2)9(3)17-12(18)10-6-4-5-7-11(10)19-13(14,15)16/h4-9H,1-3H3,(H,17,18). The van der Waals surface area contributed by atoms with Crippen LogP contribution in [0.1, 0.15) is 31.1 Å². The van der Waals surface area contributed by atoms with Crippen LogP contribution < -0.4 is 10.1 Å². The minimum absolute atomic E-state index is 0.132. The van der Waals surface area contributed by atoms with E-state index >= 15 is 0 Å². The third-order valence-electron chi connectivity index (χ3n) is 2.72. The molecule has 1 N–H and O–H groups in total. The molecule has 1 aromatic carbocycles. The van der Waals surface area contributed by atoms with Gasteiger partial charge in [0, 0.05) is 6.04 Å². The molecule has 1 aromatic rings. The molecule has 0 aliphatic rings. The van der Waals surface area contributed by atoms with Crippen molar-refractivity contribution in [2.24, 2.45) is 5.92 Å². The fraction of sp³-hybridized carbons (Fsp3) is 0.462. The van der Waals surface area contributed by atoms with Gasteiger partial charge in [0.1, 0.15) is 5.75 Å². The van der Waals surface area contributed by atoms with Gasteiger partial charge in [-0.3, -0.25) is 4.79 Å². The van der Waals surface area contributed by atoms with E-state index in [9.17, 15) is 18.0 Å². The Kier molecular flexibility index (Phi) is 4.80. The zero-order chi connectivity index (χ0) is 14.6. The Balaban J connectivity index is 2.91. The fourth-order valence-electron chi connectivity index (χ4n) is 1.32. The number of carbonyl (C=O) groups is 1. The van der Waals surface area contributed by atoms with Crippen LogP contribution in [0.2, 0.25) is 0 Å². The van der Waals surface area contributed by atoms with Crippen molar-refractivity contribution < 1.29 is 22.7 Å². The molecule has 1 unspecified atom stereocenters. The maximum Gasteiger partial charge on any atom is 0.573 e. The predicted molar refractivity (Wildman–Crippen MR) is 64.9 cm³/mol. The predicted octanol–water partition coefficient (Wildman–Crippen LogP) is 3.36. The highest BCUT2D eigenvalue weighted by atomic mass is 19.4. The van der Waals surface area contributed by atoms with E-state index in [0.29, 0.717) is 0 Å². The maximum absolute atomic E-state index is 12.2. The molecule has 0 fully saturated rings. The number of hydrogen-bond donors (Lipinski definition) is 1. The molecule has 0 heterocycles. The summed E-state index contributed by atoms with van der Waals surface area (Å²) in [5, 5.41) is 2.64. The second-order valence-electron chi connectivity index (χ2n) is 4.55. The normalized spacial score (nSPS) is 13.2. The third kappa shape index (κ3) is 4.81. The van der Waals surface area contributed by atoms with Gasteiger partial charge in [0.2, 0.25) is 0 Å². The van der Waals surface area contributed by atoms with Crippen LogP contribution in [0.4, 0.5) is 13.2 Å². The number of amides is 1. The van der Waals surface area contributed by atoms with Crippen molar-refractivity contribution >= 4 is 5.91 Å². The van der Waals surface area contributed by atoms with Gasteiger partial charge in [-0.1, -0.05) is 26.0 Å². The Hall–Kier alpha value is -1.72. The van der Waals surface area contributed by atoms with Crippen LogP contribution in [0, 0.1) is 5.92 Å². The molecule has 19 heavy (non-hydrogen) atoms. The van der Waals surface area contributed by atoms with Crippen LogP contribution in [0.15, 0.2) is 24.3 Å². The minimum Gasteiger partial charge on any atom is -0.405 e. The SMILES string of the molecule is CC(C)C(C)NC(=O)c1ccccc1OC(F)(F)F. The smallest absolute Gasteiger partial charge is 0.405 e. The lowest BCUT2D eigenvalue weighted by Gasteiger charge is -2.19. The quantitative estimate of drug-likeness (QED) is 0.915. The number of nitrogens with one attached hydrogen (secondary N) is 1.